The predicted octanol–water partition coefficient (Wildman–Crippen LogP) is 7.04. The average molecular weight is 325 g/mol. The molecule has 1 N–H and O–H groups in total. The molecule has 0 saturated carbocycles. The molecule has 0 unspecified atom stereocenters. The Morgan fingerprint density at radius 2 is 1.25 bits per heavy atom. The van der Waals surface area contributed by atoms with E-state index in [1.54, 1.807) is 0 Å². The largest absolute Gasteiger partial charge is 0.384 e. The van der Waals surface area contributed by atoms with E-state index in [1.807, 2.05) is 26.0 Å². The Labute approximate surface area is 147 Å². The molecule has 0 atom stereocenters. The van der Waals surface area contributed by atoms with Crippen molar-refractivity contribution < 1.29 is 0 Å². The van der Waals surface area contributed by atoms with Crippen LogP contribution in [0.4, 0.5) is 5.69 Å². The van der Waals surface area contributed by atoms with Gasteiger partial charge in [-0.25, -0.2) is 4.98 Å². The van der Waals surface area contributed by atoms with Crippen molar-refractivity contribution >= 4 is 27.5 Å². The third-order valence-electron chi connectivity index (χ3n) is 3.42. The van der Waals surface area contributed by atoms with Crippen molar-refractivity contribution in [2.45, 2.75) is 53.9 Å². The summed E-state index contributed by atoms with van der Waals surface area (Å²) in [5, 5.41) is 6.00. The topological polar surface area (TPSA) is 24.9 Å². The summed E-state index contributed by atoms with van der Waals surface area (Å²) in [5.74, 6) is 0. The minimum Gasteiger partial charge on any atom is -0.384 e. The van der Waals surface area contributed by atoms with E-state index in [2.05, 4.69) is 62.5 Å². The lowest BCUT2D eigenvalue weighted by Gasteiger charge is -2.12. The fourth-order valence-corrected chi connectivity index (χ4v) is 2.42. The van der Waals surface area contributed by atoms with Crippen molar-refractivity contribution in [3.8, 4) is 0 Å². The van der Waals surface area contributed by atoms with Crippen LogP contribution in [-0.4, -0.2) is 11.5 Å². The first-order chi connectivity index (χ1) is 11.8. The van der Waals surface area contributed by atoms with E-state index in [-0.39, 0.29) is 0 Å². The van der Waals surface area contributed by atoms with E-state index in [1.165, 1.54) is 35.7 Å². The van der Waals surface area contributed by atoms with Gasteiger partial charge in [0.2, 0.25) is 0 Å². The second kappa shape index (κ2) is 11.4. The first-order valence-corrected chi connectivity index (χ1v) is 9.33. The number of benzene rings is 2. The Balaban J connectivity index is 0.000000521. The standard InChI is InChI=1S/C17H18N2.C3H8.C2H6/c1-2-3-12-18-17-13-8-4-6-10-15(13)19-16-11-7-5-9-14(16)17;1-3-2;1-2/h4-11H,2-3,12H2,1H3,(H,18,19);3H2,1-2H3;1-2H3. The number of rotatable bonds is 4. The summed E-state index contributed by atoms with van der Waals surface area (Å²) in [6.07, 6.45) is 3.64. The molecule has 3 rings (SSSR count). The van der Waals surface area contributed by atoms with Gasteiger partial charge >= 0.3 is 0 Å². The van der Waals surface area contributed by atoms with Crippen LogP contribution in [0.15, 0.2) is 48.5 Å². The fourth-order valence-electron chi connectivity index (χ4n) is 2.42. The number of anilines is 1. The van der Waals surface area contributed by atoms with E-state index in [9.17, 15) is 0 Å². The molecule has 0 fully saturated rings. The number of aromatic nitrogens is 1. The molecule has 1 heterocycles. The van der Waals surface area contributed by atoms with Crippen LogP contribution >= 0.6 is 0 Å². The summed E-state index contributed by atoms with van der Waals surface area (Å²) in [4.78, 5) is 4.73. The predicted molar refractivity (Wildman–Crippen MR) is 110 cm³/mol. The van der Waals surface area contributed by atoms with Gasteiger partial charge in [0, 0.05) is 17.3 Å². The van der Waals surface area contributed by atoms with Gasteiger partial charge in [-0.3, -0.25) is 0 Å². The third-order valence-corrected chi connectivity index (χ3v) is 3.42. The van der Waals surface area contributed by atoms with Crippen LogP contribution in [0, 0.1) is 0 Å². The number of para-hydroxylation sites is 2. The van der Waals surface area contributed by atoms with Crippen LogP contribution in [0.1, 0.15) is 53.9 Å². The molecular formula is C22H32N2. The number of unbranched alkanes of at least 4 members (excludes halogenated alkanes) is 1. The maximum absolute atomic E-state index is 4.73. The number of nitrogens with one attached hydrogen (secondary N) is 1. The minimum atomic E-state index is 1.01. The molecule has 0 spiro atoms. The molecule has 0 radical (unpaired) electrons. The monoisotopic (exact) mass is 324 g/mol. The summed E-state index contributed by atoms with van der Waals surface area (Å²) in [6.45, 7) is 11.5. The number of nitrogens with zero attached hydrogens (tertiary/aromatic N) is 1. The fraction of sp³-hybridized carbons (Fsp3) is 0.409. The van der Waals surface area contributed by atoms with Gasteiger partial charge in [-0.1, -0.05) is 83.9 Å². The van der Waals surface area contributed by atoms with E-state index in [4.69, 9.17) is 4.98 Å². The zero-order chi connectivity index (χ0) is 17.8. The van der Waals surface area contributed by atoms with Gasteiger partial charge in [-0.2, -0.15) is 0 Å². The molecule has 0 aliphatic carbocycles. The normalized spacial score (nSPS) is 9.71. The van der Waals surface area contributed by atoms with Gasteiger partial charge in [-0.15, -0.1) is 0 Å². The van der Waals surface area contributed by atoms with Gasteiger partial charge < -0.3 is 5.32 Å². The molecule has 24 heavy (non-hydrogen) atoms. The summed E-state index contributed by atoms with van der Waals surface area (Å²) in [7, 11) is 0. The van der Waals surface area contributed by atoms with E-state index in [0.717, 1.165) is 17.6 Å². The molecule has 0 bridgehead atoms. The molecule has 0 aliphatic rings. The second-order valence-electron chi connectivity index (χ2n) is 5.51. The molecule has 3 aromatic rings. The SMILES string of the molecule is CC.CCC.CCCCNc1c2ccccc2nc2ccccc12. The van der Waals surface area contributed by atoms with E-state index < -0.39 is 0 Å². The Morgan fingerprint density at radius 1 is 0.792 bits per heavy atom. The Bertz CT molecular complexity index is 665. The Kier molecular flexibility index (Phi) is 9.52. The van der Waals surface area contributed by atoms with Gasteiger partial charge in [0.15, 0.2) is 0 Å². The maximum Gasteiger partial charge on any atom is 0.0730 e. The van der Waals surface area contributed by atoms with Crippen molar-refractivity contribution in [3.63, 3.8) is 0 Å². The lowest BCUT2D eigenvalue weighted by molar-refractivity contribution is 0.835. The average Bonchev–Trinajstić information content (AvgIpc) is 2.63. The Hall–Kier alpha value is -2.09. The van der Waals surface area contributed by atoms with Gasteiger partial charge in [0.1, 0.15) is 0 Å². The highest BCUT2D eigenvalue weighted by molar-refractivity contribution is 6.07. The van der Waals surface area contributed by atoms with Gasteiger partial charge in [-0.05, 0) is 18.6 Å². The summed E-state index contributed by atoms with van der Waals surface area (Å²) < 4.78 is 0. The van der Waals surface area contributed by atoms with Crippen molar-refractivity contribution in [2.75, 3.05) is 11.9 Å². The number of hydrogen-bond donors (Lipinski definition) is 1. The molecule has 2 nitrogen and oxygen atoms in total. The molecule has 0 aliphatic heterocycles. The molecule has 2 aromatic carbocycles. The highest BCUT2D eigenvalue weighted by atomic mass is 14.9. The lowest BCUT2D eigenvalue weighted by Crippen LogP contribution is -2.02. The first kappa shape index (κ1) is 20.0. The Morgan fingerprint density at radius 3 is 1.71 bits per heavy atom. The van der Waals surface area contributed by atoms with Crippen LogP contribution in [-0.2, 0) is 0 Å². The number of hydrogen-bond acceptors (Lipinski definition) is 2. The molecule has 130 valence electrons. The van der Waals surface area contributed by atoms with Crippen LogP contribution in [0.5, 0.6) is 0 Å². The second-order valence-corrected chi connectivity index (χ2v) is 5.51. The number of pyridine rings is 1. The van der Waals surface area contributed by atoms with Crippen LogP contribution in [0.2, 0.25) is 0 Å². The molecule has 0 saturated heterocycles. The van der Waals surface area contributed by atoms with Crippen molar-refractivity contribution in [1.82, 2.24) is 4.98 Å². The van der Waals surface area contributed by atoms with Gasteiger partial charge in [0.25, 0.3) is 0 Å². The quantitative estimate of drug-likeness (QED) is 0.411. The summed E-state index contributed by atoms with van der Waals surface area (Å²) in [5.41, 5.74) is 3.33. The maximum atomic E-state index is 4.73. The first-order valence-electron chi connectivity index (χ1n) is 9.33. The summed E-state index contributed by atoms with van der Waals surface area (Å²) in [6, 6.07) is 16.7. The lowest BCUT2D eigenvalue weighted by atomic mass is 10.1. The van der Waals surface area contributed by atoms with Gasteiger partial charge in [0.05, 0.1) is 16.7 Å². The zero-order valence-electron chi connectivity index (χ0n) is 15.9. The molecule has 1 aromatic heterocycles. The summed E-state index contributed by atoms with van der Waals surface area (Å²) >= 11 is 0. The molecule has 0 amide bonds. The highest BCUT2D eigenvalue weighted by Crippen LogP contribution is 2.30. The van der Waals surface area contributed by atoms with Crippen LogP contribution in [0.25, 0.3) is 21.8 Å². The van der Waals surface area contributed by atoms with Crippen LogP contribution < -0.4 is 5.32 Å². The van der Waals surface area contributed by atoms with Crippen molar-refractivity contribution in [2.24, 2.45) is 0 Å². The smallest absolute Gasteiger partial charge is 0.0730 e. The highest BCUT2D eigenvalue weighted by Gasteiger charge is 2.07. The molecular weight excluding hydrogens is 292 g/mol. The number of fused-ring (bicyclic) bond motifs is 2. The van der Waals surface area contributed by atoms with E-state index >= 15 is 0 Å². The van der Waals surface area contributed by atoms with Crippen molar-refractivity contribution in [1.29, 1.82) is 0 Å². The van der Waals surface area contributed by atoms with Crippen molar-refractivity contribution in [3.05, 3.63) is 48.5 Å². The van der Waals surface area contributed by atoms with Crippen LogP contribution in [0.3, 0.4) is 0 Å². The van der Waals surface area contributed by atoms with E-state index in [0.29, 0.717) is 0 Å². The molecule has 2 heteroatoms. The third kappa shape index (κ3) is 5.23. The minimum absolute atomic E-state index is 1.01. The zero-order valence-corrected chi connectivity index (χ0v) is 15.9.